The van der Waals surface area contributed by atoms with Crippen LogP contribution in [-0.4, -0.2) is 22.3 Å². The zero-order chi connectivity index (χ0) is 17.2. The van der Waals surface area contributed by atoms with Crippen LogP contribution in [0.4, 0.5) is 0 Å². The molecular formula is C20H30O3. The standard InChI is InChI=1S/C20H30O3/c1-2-3-4-5-7-10-13-16-19(21)17-14-11-8-6-9-12-15-18-20(22)23/h3-4,6-7,9-11,13-14,16,19,21H,2,5,8,12,15,17-18H2,1H3,(H,22,23)/b4-3-,9-6-,10-7-,14-11-,16-13-/t19-/m1/s1. The highest BCUT2D eigenvalue weighted by Gasteiger charge is 1.93. The molecule has 0 aromatic carbocycles. The van der Waals surface area contributed by atoms with Gasteiger partial charge in [-0.3, -0.25) is 4.79 Å². The molecule has 0 amide bonds. The monoisotopic (exact) mass is 318 g/mol. The summed E-state index contributed by atoms with van der Waals surface area (Å²) >= 11 is 0. The van der Waals surface area contributed by atoms with E-state index in [1.54, 1.807) is 6.08 Å². The summed E-state index contributed by atoms with van der Waals surface area (Å²) in [5, 5.41) is 18.2. The van der Waals surface area contributed by atoms with Crippen molar-refractivity contribution in [1.82, 2.24) is 0 Å². The molecule has 1 atom stereocenters. The minimum atomic E-state index is -0.743. The van der Waals surface area contributed by atoms with Crippen LogP contribution < -0.4 is 0 Å². The number of rotatable bonds is 13. The van der Waals surface area contributed by atoms with Gasteiger partial charge in [-0.15, -0.1) is 0 Å². The second kappa shape index (κ2) is 16.5. The van der Waals surface area contributed by atoms with Crippen molar-refractivity contribution in [3.63, 3.8) is 0 Å². The Morgan fingerprint density at radius 2 is 1.65 bits per heavy atom. The molecule has 0 bridgehead atoms. The fourth-order valence-electron chi connectivity index (χ4n) is 1.77. The summed E-state index contributed by atoms with van der Waals surface area (Å²) in [6.07, 6.45) is 24.6. The van der Waals surface area contributed by atoms with Crippen molar-refractivity contribution in [2.24, 2.45) is 0 Å². The van der Waals surface area contributed by atoms with Gasteiger partial charge in [0.15, 0.2) is 0 Å². The Bertz CT molecular complexity index is 428. The van der Waals surface area contributed by atoms with Crippen molar-refractivity contribution in [3.8, 4) is 0 Å². The van der Waals surface area contributed by atoms with Crippen LogP contribution in [0.5, 0.6) is 0 Å². The smallest absolute Gasteiger partial charge is 0.303 e. The molecule has 0 spiro atoms. The number of aliphatic hydroxyl groups excluding tert-OH is 1. The van der Waals surface area contributed by atoms with E-state index < -0.39 is 12.1 Å². The number of unbranched alkanes of at least 4 members (excludes halogenated alkanes) is 1. The number of carboxylic acid groups (broad SMARTS) is 1. The van der Waals surface area contributed by atoms with E-state index in [1.165, 1.54) is 0 Å². The van der Waals surface area contributed by atoms with Crippen LogP contribution in [0.3, 0.4) is 0 Å². The average molecular weight is 318 g/mol. The Kier molecular flexibility index (Phi) is 15.2. The summed E-state index contributed by atoms with van der Waals surface area (Å²) in [4.78, 5) is 10.3. The van der Waals surface area contributed by atoms with E-state index >= 15 is 0 Å². The highest BCUT2D eigenvalue weighted by molar-refractivity contribution is 5.66. The lowest BCUT2D eigenvalue weighted by Gasteiger charge is -1.98. The number of hydrogen-bond donors (Lipinski definition) is 2. The zero-order valence-electron chi connectivity index (χ0n) is 14.1. The maximum absolute atomic E-state index is 10.3. The van der Waals surface area contributed by atoms with Gasteiger partial charge in [0.1, 0.15) is 0 Å². The van der Waals surface area contributed by atoms with Crippen molar-refractivity contribution in [1.29, 1.82) is 0 Å². The second-order valence-corrected chi connectivity index (χ2v) is 5.20. The first-order valence-electron chi connectivity index (χ1n) is 8.35. The molecule has 0 radical (unpaired) electrons. The number of aliphatic carboxylic acids is 1. The maximum Gasteiger partial charge on any atom is 0.303 e. The van der Waals surface area contributed by atoms with Gasteiger partial charge in [-0.25, -0.2) is 0 Å². The van der Waals surface area contributed by atoms with Gasteiger partial charge in [-0.1, -0.05) is 67.7 Å². The van der Waals surface area contributed by atoms with Crippen molar-refractivity contribution in [3.05, 3.63) is 60.8 Å². The zero-order valence-corrected chi connectivity index (χ0v) is 14.1. The third kappa shape index (κ3) is 18.1. The van der Waals surface area contributed by atoms with Gasteiger partial charge in [-0.2, -0.15) is 0 Å². The maximum atomic E-state index is 10.3. The highest BCUT2D eigenvalue weighted by atomic mass is 16.4. The van der Waals surface area contributed by atoms with E-state index in [0.717, 1.165) is 25.7 Å². The Morgan fingerprint density at radius 3 is 2.39 bits per heavy atom. The first-order valence-corrected chi connectivity index (χ1v) is 8.35. The van der Waals surface area contributed by atoms with E-state index in [9.17, 15) is 9.90 Å². The lowest BCUT2D eigenvalue weighted by atomic mass is 10.2. The van der Waals surface area contributed by atoms with Crippen LogP contribution in [0.1, 0.15) is 51.9 Å². The van der Waals surface area contributed by atoms with E-state index in [1.807, 2.05) is 36.5 Å². The molecule has 0 aromatic rings. The first-order chi connectivity index (χ1) is 11.2. The topological polar surface area (TPSA) is 57.5 Å². The molecule has 0 aliphatic heterocycles. The number of aliphatic hydroxyl groups is 1. The normalized spacial score (nSPS) is 14.2. The van der Waals surface area contributed by atoms with Crippen LogP contribution >= 0.6 is 0 Å². The average Bonchev–Trinajstić information content (AvgIpc) is 2.52. The molecule has 0 heterocycles. The summed E-state index contributed by atoms with van der Waals surface area (Å²) in [6, 6.07) is 0. The van der Waals surface area contributed by atoms with Crippen LogP contribution in [0.25, 0.3) is 0 Å². The van der Waals surface area contributed by atoms with E-state index in [2.05, 4.69) is 25.2 Å². The van der Waals surface area contributed by atoms with Gasteiger partial charge in [-0.05, 0) is 38.5 Å². The lowest BCUT2D eigenvalue weighted by Crippen LogP contribution is -1.98. The van der Waals surface area contributed by atoms with Crippen molar-refractivity contribution >= 4 is 5.97 Å². The summed E-state index contributed by atoms with van der Waals surface area (Å²) in [7, 11) is 0. The lowest BCUT2D eigenvalue weighted by molar-refractivity contribution is -0.137. The third-order valence-electron chi connectivity index (χ3n) is 3.00. The van der Waals surface area contributed by atoms with Crippen molar-refractivity contribution < 1.29 is 15.0 Å². The summed E-state index contributed by atoms with van der Waals surface area (Å²) < 4.78 is 0. The van der Waals surface area contributed by atoms with Crippen LogP contribution in [0.15, 0.2) is 60.8 Å². The van der Waals surface area contributed by atoms with Crippen LogP contribution in [-0.2, 0) is 4.79 Å². The molecule has 0 fully saturated rings. The Morgan fingerprint density at radius 1 is 0.957 bits per heavy atom. The van der Waals surface area contributed by atoms with Crippen LogP contribution in [0, 0.1) is 0 Å². The largest absolute Gasteiger partial charge is 0.481 e. The van der Waals surface area contributed by atoms with Gasteiger partial charge >= 0.3 is 5.97 Å². The minimum absolute atomic E-state index is 0.224. The summed E-state index contributed by atoms with van der Waals surface area (Å²) in [5.41, 5.74) is 0. The summed E-state index contributed by atoms with van der Waals surface area (Å²) in [5.74, 6) is -0.743. The fraction of sp³-hybridized carbons (Fsp3) is 0.450. The predicted octanol–water partition coefficient (Wildman–Crippen LogP) is 4.96. The minimum Gasteiger partial charge on any atom is -0.481 e. The highest BCUT2D eigenvalue weighted by Crippen LogP contribution is 2.00. The van der Waals surface area contributed by atoms with Crippen molar-refractivity contribution in [2.75, 3.05) is 0 Å². The van der Waals surface area contributed by atoms with Crippen molar-refractivity contribution in [2.45, 2.75) is 58.0 Å². The predicted molar refractivity (Wildman–Crippen MR) is 97.3 cm³/mol. The molecule has 0 rings (SSSR count). The number of carbonyl (C=O) groups is 1. The first kappa shape index (κ1) is 21.1. The van der Waals surface area contributed by atoms with Gasteiger partial charge in [0, 0.05) is 6.42 Å². The molecule has 0 aliphatic rings. The van der Waals surface area contributed by atoms with E-state index in [0.29, 0.717) is 12.8 Å². The summed E-state index contributed by atoms with van der Waals surface area (Å²) in [6.45, 7) is 2.11. The Balaban J connectivity index is 3.67. The van der Waals surface area contributed by atoms with Gasteiger partial charge in [0.05, 0.1) is 6.10 Å². The molecule has 0 aromatic heterocycles. The van der Waals surface area contributed by atoms with E-state index in [-0.39, 0.29) is 6.42 Å². The number of carboxylic acids is 1. The SMILES string of the molecule is CC/C=C\C/C=C\C=C/[C@@H](O)C/C=C\C/C=C\CCCC(=O)O. The van der Waals surface area contributed by atoms with Gasteiger partial charge in [0.2, 0.25) is 0 Å². The van der Waals surface area contributed by atoms with Gasteiger partial charge in [0.25, 0.3) is 0 Å². The molecule has 0 saturated carbocycles. The fourth-order valence-corrected chi connectivity index (χ4v) is 1.77. The molecule has 0 unspecified atom stereocenters. The third-order valence-corrected chi connectivity index (χ3v) is 3.00. The van der Waals surface area contributed by atoms with E-state index in [4.69, 9.17) is 5.11 Å². The molecule has 128 valence electrons. The van der Waals surface area contributed by atoms with Gasteiger partial charge < -0.3 is 10.2 Å². The molecule has 0 saturated heterocycles. The molecule has 3 heteroatoms. The number of hydrogen-bond acceptors (Lipinski definition) is 2. The number of allylic oxidation sites excluding steroid dienone is 8. The Labute approximate surface area is 140 Å². The molecule has 23 heavy (non-hydrogen) atoms. The second-order valence-electron chi connectivity index (χ2n) is 5.20. The molecule has 2 N–H and O–H groups in total. The quantitative estimate of drug-likeness (QED) is 0.286. The molecular weight excluding hydrogens is 288 g/mol. The molecule has 0 aliphatic carbocycles. The van der Waals surface area contributed by atoms with Crippen LogP contribution in [0.2, 0.25) is 0 Å². The molecule has 3 nitrogen and oxygen atoms in total. The Hall–Kier alpha value is -1.87.